The first-order chi connectivity index (χ1) is 8.16. The van der Waals surface area contributed by atoms with Gasteiger partial charge in [-0.3, -0.25) is 4.79 Å². The zero-order valence-electron chi connectivity index (χ0n) is 9.74. The molecule has 1 fully saturated rings. The number of carbonyl (C=O) groups is 1. The fourth-order valence-electron chi connectivity index (χ4n) is 1.87. The van der Waals surface area contributed by atoms with Crippen LogP contribution in [0.5, 0.6) is 0 Å². The largest absolute Gasteiger partial charge is 0.379 e. The van der Waals surface area contributed by atoms with Crippen LogP contribution in [0.15, 0.2) is 15.9 Å². The Balaban J connectivity index is 1.90. The second kappa shape index (κ2) is 5.98. The molecule has 1 amide bonds. The van der Waals surface area contributed by atoms with Crippen molar-refractivity contribution in [3.63, 3.8) is 0 Å². The first kappa shape index (κ1) is 13.1. The third-order valence-electron chi connectivity index (χ3n) is 2.92. The smallest absolute Gasteiger partial charge is 0.228 e. The van der Waals surface area contributed by atoms with Gasteiger partial charge in [0.15, 0.2) is 0 Å². The van der Waals surface area contributed by atoms with E-state index in [0.717, 1.165) is 28.1 Å². The minimum absolute atomic E-state index is 0.0896. The lowest BCUT2D eigenvalue weighted by Crippen LogP contribution is -2.42. The number of amides is 1. The molecule has 1 N–H and O–H groups in total. The quantitative estimate of drug-likeness (QED) is 0.931. The van der Waals surface area contributed by atoms with Gasteiger partial charge in [0.25, 0.3) is 0 Å². The van der Waals surface area contributed by atoms with Gasteiger partial charge in [0.05, 0.1) is 22.4 Å². The molecule has 3 nitrogen and oxygen atoms in total. The summed E-state index contributed by atoms with van der Waals surface area (Å²) in [6.07, 6.45) is 2.05. The van der Waals surface area contributed by atoms with Gasteiger partial charge in [0, 0.05) is 11.5 Å². The minimum Gasteiger partial charge on any atom is -0.379 e. The average molecular weight is 318 g/mol. The molecule has 0 unspecified atom stereocenters. The molecule has 0 aliphatic carbocycles. The van der Waals surface area contributed by atoms with E-state index in [1.807, 2.05) is 19.1 Å². The number of hydrogen-bond donors (Lipinski definition) is 1. The lowest BCUT2D eigenvalue weighted by molar-refractivity contribution is -0.123. The fourth-order valence-corrected chi connectivity index (χ4v) is 3.35. The van der Waals surface area contributed by atoms with Gasteiger partial charge in [-0.1, -0.05) is 0 Å². The summed E-state index contributed by atoms with van der Waals surface area (Å²) in [5.41, 5.74) is 0. The molecule has 1 aliphatic rings. The van der Waals surface area contributed by atoms with Crippen molar-refractivity contribution in [2.75, 3.05) is 13.2 Å². The van der Waals surface area contributed by atoms with Crippen LogP contribution in [0.25, 0.3) is 0 Å². The second-order valence-corrected chi connectivity index (χ2v) is 6.78. The summed E-state index contributed by atoms with van der Waals surface area (Å²) in [5, 5.41) is 3.05. The number of rotatable bonds is 3. The monoisotopic (exact) mass is 317 g/mol. The first-order valence-electron chi connectivity index (χ1n) is 5.80. The van der Waals surface area contributed by atoms with Crippen molar-refractivity contribution in [2.24, 2.45) is 0 Å². The lowest BCUT2D eigenvalue weighted by Gasteiger charge is -2.24. The van der Waals surface area contributed by atoms with Crippen molar-refractivity contribution < 1.29 is 9.53 Å². The maximum Gasteiger partial charge on any atom is 0.228 e. The Hall–Kier alpha value is -0.390. The van der Waals surface area contributed by atoms with Gasteiger partial charge in [-0.25, -0.2) is 0 Å². The summed E-state index contributed by atoms with van der Waals surface area (Å²) >= 11 is 5.03. The summed E-state index contributed by atoms with van der Waals surface area (Å²) in [6.45, 7) is 3.41. The van der Waals surface area contributed by atoms with E-state index in [-0.39, 0.29) is 17.9 Å². The average Bonchev–Trinajstić information content (AvgIpc) is 2.76. The van der Waals surface area contributed by atoms with Crippen molar-refractivity contribution in [3.8, 4) is 0 Å². The number of halogens is 1. The molecule has 1 aromatic rings. The van der Waals surface area contributed by atoms with E-state index in [4.69, 9.17) is 4.74 Å². The molecule has 2 heterocycles. The fraction of sp³-hybridized carbons (Fsp3) is 0.583. The maximum absolute atomic E-state index is 12.0. The highest BCUT2D eigenvalue weighted by Crippen LogP contribution is 2.28. The minimum atomic E-state index is -0.0896. The van der Waals surface area contributed by atoms with Crippen LogP contribution in [-0.2, 0) is 9.53 Å². The molecule has 5 heteroatoms. The van der Waals surface area contributed by atoms with Crippen LogP contribution in [0.1, 0.15) is 30.6 Å². The Morgan fingerprint density at radius 1 is 1.65 bits per heavy atom. The van der Waals surface area contributed by atoms with Crippen LogP contribution in [0.2, 0.25) is 0 Å². The second-order valence-electron chi connectivity index (χ2n) is 4.29. The number of carbonyl (C=O) groups excluding carboxylic acids is 1. The van der Waals surface area contributed by atoms with E-state index in [1.165, 1.54) is 0 Å². The highest BCUT2D eigenvalue weighted by Gasteiger charge is 2.21. The SMILES string of the molecule is C[C@@H](C(=O)N[C@H]1CCCOC1)c1ccc(Br)s1. The molecule has 1 saturated heterocycles. The summed E-state index contributed by atoms with van der Waals surface area (Å²) in [4.78, 5) is 13.1. The van der Waals surface area contributed by atoms with Crippen LogP contribution in [0.3, 0.4) is 0 Å². The van der Waals surface area contributed by atoms with Crippen molar-refractivity contribution in [2.45, 2.75) is 31.7 Å². The number of ether oxygens (including phenoxy) is 1. The molecular formula is C12H16BrNO2S. The predicted molar refractivity (Wildman–Crippen MR) is 72.4 cm³/mol. The summed E-state index contributed by atoms with van der Waals surface area (Å²) < 4.78 is 6.42. The third-order valence-corrected chi connectivity index (χ3v) is 4.73. The van der Waals surface area contributed by atoms with E-state index in [2.05, 4.69) is 21.2 Å². The summed E-state index contributed by atoms with van der Waals surface area (Å²) in [5.74, 6) is 0.00285. The van der Waals surface area contributed by atoms with Crippen molar-refractivity contribution >= 4 is 33.2 Å². The molecule has 0 bridgehead atoms. The van der Waals surface area contributed by atoms with Crippen molar-refractivity contribution in [1.82, 2.24) is 5.32 Å². The van der Waals surface area contributed by atoms with E-state index in [9.17, 15) is 4.79 Å². The molecule has 0 aromatic carbocycles. The molecule has 1 aromatic heterocycles. The number of thiophene rings is 1. The van der Waals surface area contributed by atoms with Crippen LogP contribution < -0.4 is 5.32 Å². The molecule has 1 aliphatic heterocycles. The topological polar surface area (TPSA) is 38.3 Å². The summed E-state index contributed by atoms with van der Waals surface area (Å²) in [7, 11) is 0. The van der Waals surface area contributed by atoms with Crippen LogP contribution in [0.4, 0.5) is 0 Å². The highest BCUT2D eigenvalue weighted by atomic mass is 79.9. The van der Waals surface area contributed by atoms with E-state index < -0.39 is 0 Å². The van der Waals surface area contributed by atoms with Gasteiger partial charge in [0.2, 0.25) is 5.91 Å². The Bertz CT molecular complexity index is 388. The molecule has 2 rings (SSSR count). The van der Waals surface area contributed by atoms with Gasteiger partial charge >= 0.3 is 0 Å². The Labute approximate surface area is 114 Å². The zero-order valence-corrected chi connectivity index (χ0v) is 12.1. The Morgan fingerprint density at radius 2 is 2.47 bits per heavy atom. The normalized spacial score (nSPS) is 22.1. The highest BCUT2D eigenvalue weighted by molar-refractivity contribution is 9.11. The number of hydrogen-bond acceptors (Lipinski definition) is 3. The van der Waals surface area contributed by atoms with Gasteiger partial charge in [-0.05, 0) is 47.8 Å². The van der Waals surface area contributed by atoms with Crippen LogP contribution >= 0.6 is 27.3 Å². The van der Waals surface area contributed by atoms with E-state index >= 15 is 0 Å². The molecule has 94 valence electrons. The molecule has 17 heavy (non-hydrogen) atoms. The molecule has 0 saturated carbocycles. The molecule has 2 atom stereocenters. The number of nitrogens with one attached hydrogen (secondary N) is 1. The van der Waals surface area contributed by atoms with Crippen LogP contribution in [0, 0.1) is 0 Å². The maximum atomic E-state index is 12.0. The molecule has 0 spiro atoms. The Morgan fingerprint density at radius 3 is 3.06 bits per heavy atom. The predicted octanol–water partition coefficient (Wildman–Crippen LogP) is 2.91. The molecule has 0 radical (unpaired) electrons. The third kappa shape index (κ3) is 3.53. The van der Waals surface area contributed by atoms with Gasteiger partial charge in [-0.15, -0.1) is 11.3 Å². The van der Waals surface area contributed by atoms with Gasteiger partial charge in [0.1, 0.15) is 0 Å². The van der Waals surface area contributed by atoms with E-state index in [0.29, 0.717) is 6.61 Å². The van der Waals surface area contributed by atoms with Crippen molar-refractivity contribution in [1.29, 1.82) is 0 Å². The Kier molecular flexibility index (Phi) is 4.59. The van der Waals surface area contributed by atoms with Gasteiger partial charge < -0.3 is 10.1 Å². The van der Waals surface area contributed by atoms with Gasteiger partial charge in [-0.2, -0.15) is 0 Å². The zero-order chi connectivity index (χ0) is 12.3. The van der Waals surface area contributed by atoms with Crippen molar-refractivity contribution in [3.05, 3.63) is 20.8 Å². The lowest BCUT2D eigenvalue weighted by atomic mass is 10.1. The standard InChI is InChI=1S/C12H16BrNO2S/c1-8(10-4-5-11(13)17-10)12(15)14-9-3-2-6-16-7-9/h4-5,8-9H,2-3,6-7H2,1H3,(H,14,15)/t8-,9+/m1/s1. The van der Waals surface area contributed by atoms with E-state index in [1.54, 1.807) is 11.3 Å². The molecular weight excluding hydrogens is 302 g/mol. The summed E-state index contributed by atoms with van der Waals surface area (Å²) in [6, 6.07) is 4.16. The first-order valence-corrected chi connectivity index (χ1v) is 7.41. The van der Waals surface area contributed by atoms with Crippen LogP contribution in [-0.4, -0.2) is 25.2 Å².